The number of anilines is 1. The van der Waals surface area contributed by atoms with Crippen LogP contribution >= 0.6 is 0 Å². The van der Waals surface area contributed by atoms with Crippen LogP contribution in [0.15, 0.2) is 64.2 Å². The summed E-state index contributed by atoms with van der Waals surface area (Å²) in [6.07, 6.45) is 0. The lowest BCUT2D eigenvalue weighted by atomic mass is 10.2. The fourth-order valence-electron chi connectivity index (χ4n) is 2.60. The van der Waals surface area contributed by atoms with Gasteiger partial charge in [-0.25, -0.2) is 13.9 Å². The van der Waals surface area contributed by atoms with Crippen molar-refractivity contribution in [2.45, 2.75) is 13.8 Å². The molecule has 5 nitrogen and oxygen atoms in total. The Morgan fingerprint density at radius 1 is 0.750 bits per heavy atom. The second kappa shape index (κ2) is 6.20. The Morgan fingerprint density at radius 3 is 1.67 bits per heavy atom. The van der Waals surface area contributed by atoms with Crippen molar-refractivity contribution in [2.75, 3.05) is 12.4 Å². The molecule has 24 heavy (non-hydrogen) atoms. The molecule has 0 aliphatic rings. The second-order valence-corrected chi connectivity index (χ2v) is 5.74. The van der Waals surface area contributed by atoms with Crippen LogP contribution in [0.2, 0.25) is 0 Å². The zero-order valence-corrected chi connectivity index (χ0v) is 13.9. The third kappa shape index (κ3) is 2.76. The number of nitrogens with zero attached hydrogens (tertiary/aromatic N) is 2. The minimum atomic E-state index is -0.403. The van der Waals surface area contributed by atoms with Crippen LogP contribution in [0.3, 0.4) is 0 Å². The van der Waals surface area contributed by atoms with Crippen LogP contribution in [0.25, 0.3) is 11.4 Å². The molecule has 1 aromatic heterocycles. The molecule has 0 radical (unpaired) electrons. The van der Waals surface area contributed by atoms with E-state index in [-0.39, 0.29) is 5.56 Å². The van der Waals surface area contributed by atoms with Crippen LogP contribution in [-0.2, 0) is 0 Å². The number of aromatic nitrogens is 2. The lowest BCUT2D eigenvalue weighted by Crippen LogP contribution is -2.38. The minimum absolute atomic E-state index is 0.364. The molecule has 0 aliphatic heterocycles. The predicted molar refractivity (Wildman–Crippen MR) is 96.7 cm³/mol. The van der Waals surface area contributed by atoms with E-state index in [0.29, 0.717) is 17.2 Å². The molecule has 0 saturated heterocycles. The Balaban J connectivity index is 2.31. The first kappa shape index (κ1) is 15.8. The van der Waals surface area contributed by atoms with Crippen molar-refractivity contribution in [1.29, 1.82) is 0 Å². The Bertz CT molecular complexity index is 981. The highest BCUT2D eigenvalue weighted by atomic mass is 16.2. The van der Waals surface area contributed by atoms with Crippen LogP contribution in [-0.4, -0.2) is 16.2 Å². The van der Waals surface area contributed by atoms with Gasteiger partial charge in [-0.1, -0.05) is 35.4 Å². The number of benzene rings is 2. The molecule has 0 aliphatic carbocycles. The molecule has 5 heteroatoms. The zero-order valence-electron chi connectivity index (χ0n) is 13.9. The predicted octanol–water partition coefficient (Wildman–Crippen LogP) is 2.65. The molecule has 0 spiro atoms. The SMILES string of the molecule is CNc1cc(=O)n(-c2ccc(C)cc2)c(=O)n1-c1ccc(C)cc1. The van der Waals surface area contributed by atoms with Crippen LogP contribution < -0.4 is 16.6 Å². The van der Waals surface area contributed by atoms with Gasteiger partial charge in [0.1, 0.15) is 5.82 Å². The molecule has 0 bridgehead atoms. The molecule has 0 unspecified atom stereocenters. The largest absolute Gasteiger partial charge is 0.374 e. The fraction of sp³-hybridized carbons (Fsp3) is 0.158. The summed E-state index contributed by atoms with van der Waals surface area (Å²) in [6, 6.07) is 16.3. The van der Waals surface area contributed by atoms with Gasteiger partial charge in [0.2, 0.25) is 0 Å². The van der Waals surface area contributed by atoms with Gasteiger partial charge in [-0.2, -0.15) is 0 Å². The average Bonchev–Trinajstić information content (AvgIpc) is 2.57. The molecule has 1 N–H and O–H groups in total. The van der Waals surface area contributed by atoms with E-state index in [0.717, 1.165) is 11.1 Å². The van der Waals surface area contributed by atoms with E-state index in [4.69, 9.17) is 0 Å². The summed E-state index contributed by atoms with van der Waals surface area (Å²) < 4.78 is 2.68. The molecular weight excluding hydrogens is 302 g/mol. The van der Waals surface area contributed by atoms with E-state index in [1.54, 1.807) is 19.2 Å². The molecule has 3 aromatic rings. The topological polar surface area (TPSA) is 56.0 Å². The van der Waals surface area contributed by atoms with Gasteiger partial charge in [0.05, 0.1) is 11.4 Å². The van der Waals surface area contributed by atoms with E-state index in [2.05, 4.69) is 5.32 Å². The van der Waals surface area contributed by atoms with E-state index in [1.807, 2.05) is 50.2 Å². The van der Waals surface area contributed by atoms with Crippen molar-refractivity contribution in [3.05, 3.63) is 86.6 Å². The van der Waals surface area contributed by atoms with Crippen LogP contribution in [0.5, 0.6) is 0 Å². The quantitative estimate of drug-likeness (QED) is 0.807. The van der Waals surface area contributed by atoms with Crippen molar-refractivity contribution in [1.82, 2.24) is 9.13 Å². The molecular formula is C19H19N3O2. The third-order valence-corrected chi connectivity index (χ3v) is 3.94. The number of hydrogen-bond donors (Lipinski definition) is 1. The van der Waals surface area contributed by atoms with Crippen molar-refractivity contribution >= 4 is 5.82 Å². The van der Waals surface area contributed by atoms with E-state index in [1.165, 1.54) is 15.2 Å². The summed E-state index contributed by atoms with van der Waals surface area (Å²) in [5.74, 6) is 0.456. The molecule has 1 heterocycles. The third-order valence-electron chi connectivity index (χ3n) is 3.94. The van der Waals surface area contributed by atoms with E-state index < -0.39 is 5.69 Å². The van der Waals surface area contributed by atoms with Crippen molar-refractivity contribution in [3.63, 3.8) is 0 Å². The van der Waals surface area contributed by atoms with Crippen molar-refractivity contribution in [3.8, 4) is 11.4 Å². The van der Waals surface area contributed by atoms with Crippen LogP contribution in [0.1, 0.15) is 11.1 Å². The van der Waals surface area contributed by atoms with Gasteiger partial charge in [-0.05, 0) is 38.1 Å². The molecule has 0 atom stereocenters. The van der Waals surface area contributed by atoms with Gasteiger partial charge in [0, 0.05) is 13.1 Å². The summed E-state index contributed by atoms with van der Waals surface area (Å²) in [6.45, 7) is 3.94. The molecule has 2 aromatic carbocycles. The summed E-state index contributed by atoms with van der Waals surface area (Å²) in [5.41, 5.74) is 2.66. The standard InChI is InChI=1S/C19H19N3O2/c1-13-4-8-15(9-5-13)21-17(20-3)12-18(23)22(19(21)24)16-10-6-14(2)7-11-16/h4-12,20H,1-3H3. The van der Waals surface area contributed by atoms with Crippen molar-refractivity contribution < 1.29 is 0 Å². The first-order valence-corrected chi connectivity index (χ1v) is 7.72. The Morgan fingerprint density at radius 2 is 1.21 bits per heavy atom. The van der Waals surface area contributed by atoms with Gasteiger partial charge in [0.25, 0.3) is 5.56 Å². The Labute approximate surface area is 139 Å². The average molecular weight is 321 g/mol. The first-order chi connectivity index (χ1) is 11.5. The zero-order chi connectivity index (χ0) is 17.3. The minimum Gasteiger partial charge on any atom is -0.374 e. The number of nitrogens with one attached hydrogen (secondary N) is 1. The Kier molecular flexibility index (Phi) is 4.08. The molecule has 0 fully saturated rings. The summed E-state index contributed by atoms with van der Waals surface area (Å²) in [4.78, 5) is 25.5. The maximum atomic E-state index is 13.0. The molecule has 3 rings (SSSR count). The monoisotopic (exact) mass is 321 g/mol. The van der Waals surface area contributed by atoms with Gasteiger partial charge in [-0.15, -0.1) is 0 Å². The lowest BCUT2D eigenvalue weighted by molar-refractivity contribution is 0.806. The molecule has 122 valence electrons. The summed E-state index contributed by atoms with van der Waals surface area (Å²) >= 11 is 0. The van der Waals surface area contributed by atoms with E-state index in [9.17, 15) is 9.59 Å². The molecule has 0 amide bonds. The lowest BCUT2D eigenvalue weighted by Gasteiger charge is -2.15. The maximum absolute atomic E-state index is 13.0. The highest BCUT2D eigenvalue weighted by molar-refractivity contribution is 5.47. The van der Waals surface area contributed by atoms with Crippen LogP contribution in [0.4, 0.5) is 5.82 Å². The van der Waals surface area contributed by atoms with Gasteiger partial charge < -0.3 is 5.32 Å². The van der Waals surface area contributed by atoms with Gasteiger partial charge in [0.15, 0.2) is 0 Å². The Hall–Kier alpha value is -3.08. The normalized spacial score (nSPS) is 10.6. The first-order valence-electron chi connectivity index (χ1n) is 7.72. The summed E-state index contributed by atoms with van der Waals surface area (Å²) in [5, 5.41) is 2.93. The summed E-state index contributed by atoms with van der Waals surface area (Å²) in [7, 11) is 1.69. The number of aryl methyl sites for hydroxylation is 2. The van der Waals surface area contributed by atoms with Gasteiger partial charge >= 0.3 is 5.69 Å². The van der Waals surface area contributed by atoms with Crippen molar-refractivity contribution in [2.24, 2.45) is 0 Å². The number of hydrogen-bond acceptors (Lipinski definition) is 3. The van der Waals surface area contributed by atoms with E-state index >= 15 is 0 Å². The smallest absolute Gasteiger partial charge is 0.341 e. The van der Waals surface area contributed by atoms with Crippen LogP contribution in [0, 0.1) is 13.8 Å². The maximum Gasteiger partial charge on any atom is 0.341 e. The fourth-order valence-corrected chi connectivity index (χ4v) is 2.60. The highest BCUT2D eigenvalue weighted by Gasteiger charge is 2.13. The molecule has 0 saturated carbocycles. The van der Waals surface area contributed by atoms with Gasteiger partial charge in [-0.3, -0.25) is 4.79 Å². The number of rotatable bonds is 3. The highest BCUT2D eigenvalue weighted by Crippen LogP contribution is 2.13. The second-order valence-electron chi connectivity index (χ2n) is 5.74.